The van der Waals surface area contributed by atoms with E-state index in [9.17, 15) is 14.4 Å². The van der Waals surface area contributed by atoms with Gasteiger partial charge in [-0.05, 0) is 43.9 Å². The Bertz CT molecular complexity index is 937. The van der Waals surface area contributed by atoms with Crippen LogP contribution in [0.1, 0.15) is 60.8 Å². The second kappa shape index (κ2) is 11.0. The molecule has 0 aromatic carbocycles. The summed E-state index contributed by atoms with van der Waals surface area (Å²) in [6.07, 6.45) is 5.49. The van der Waals surface area contributed by atoms with Crippen LogP contribution in [0.2, 0.25) is 0 Å². The van der Waals surface area contributed by atoms with Gasteiger partial charge in [0.25, 0.3) is 5.91 Å². The molecule has 1 aromatic heterocycles. The van der Waals surface area contributed by atoms with Crippen molar-refractivity contribution in [2.45, 2.75) is 58.4 Å². The Hall–Kier alpha value is -2.62. The third kappa shape index (κ3) is 5.63. The number of fused-ring (bicyclic) bond motifs is 1. The van der Waals surface area contributed by atoms with E-state index in [4.69, 9.17) is 14.6 Å². The molecule has 3 amide bonds. The van der Waals surface area contributed by atoms with Crippen molar-refractivity contribution in [1.29, 1.82) is 0 Å². The zero-order valence-electron chi connectivity index (χ0n) is 21.3. The minimum atomic E-state index is -0.280. The highest BCUT2D eigenvalue weighted by Crippen LogP contribution is 2.37. The van der Waals surface area contributed by atoms with Crippen LogP contribution in [0.5, 0.6) is 0 Å². The number of aromatic nitrogens is 2. The highest BCUT2D eigenvalue weighted by Gasteiger charge is 2.39. The van der Waals surface area contributed by atoms with Crippen molar-refractivity contribution < 1.29 is 23.9 Å². The molecule has 10 nitrogen and oxygen atoms in total. The standard InChI is InChI=1S/C25H39N5O5/c1-4-19-21-20(15-25(17-26-22(21)31)8-13-34-14-9-25)30(27-19)11-6-12-35-23(32)18-7-5-10-29(16-18)24(33)28(2)3/h18H,4-17H2,1-3H3,(H,26,31). The van der Waals surface area contributed by atoms with Crippen molar-refractivity contribution >= 4 is 17.9 Å². The molecular formula is C25H39N5O5. The molecule has 10 heteroatoms. The second-order valence-electron chi connectivity index (χ2n) is 10.3. The molecule has 4 heterocycles. The number of hydrogen-bond donors (Lipinski definition) is 1. The van der Waals surface area contributed by atoms with Gasteiger partial charge in [0.15, 0.2) is 0 Å². The van der Waals surface area contributed by atoms with Gasteiger partial charge in [0, 0.05) is 59.9 Å². The molecule has 1 unspecified atom stereocenters. The van der Waals surface area contributed by atoms with E-state index in [2.05, 4.69) is 5.32 Å². The Morgan fingerprint density at radius 1 is 1.29 bits per heavy atom. The van der Waals surface area contributed by atoms with Crippen LogP contribution < -0.4 is 5.32 Å². The normalized spacial score (nSPS) is 21.7. The molecule has 35 heavy (non-hydrogen) atoms. The zero-order chi connectivity index (χ0) is 25.0. The van der Waals surface area contributed by atoms with Crippen LogP contribution in [0.3, 0.4) is 0 Å². The predicted octanol–water partition coefficient (Wildman–Crippen LogP) is 1.86. The maximum absolute atomic E-state index is 12.9. The van der Waals surface area contributed by atoms with Gasteiger partial charge in [-0.2, -0.15) is 5.10 Å². The first-order chi connectivity index (χ1) is 16.8. The average Bonchev–Trinajstić information content (AvgIpc) is 3.15. The first kappa shape index (κ1) is 25.5. The number of urea groups is 1. The summed E-state index contributed by atoms with van der Waals surface area (Å²) in [5, 5.41) is 7.91. The molecule has 3 aliphatic rings. The van der Waals surface area contributed by atoms with Gasteiger partial charge in [0.1, 0.15) is 0 Å². The Labute approximate surface area is 207 Å². The summed E-state index contributed by atoms with van der Waals surface area (Å²) in [5.74, 6) is -0.556. The predicted molar refractivity (Wildman–Crippen MR) is 129 cm³/mol. The molecule has 3 aliphatic heterocycles. The van der Waals surface area contributed by atoms with Crippen LogP contribution in [0.4, 0.5) is 4.79 Å². The Balaban J connectivity index is 1.36. The van der Waals surface area contributed by atoms with E-state index in [0.29, 0.717) is 52.2 Å². The van der Waals surface area contributed by atoms with E-state index in [-0.39, 0.29) is 35.8 Å². The van der Waals surface area contributed by atoms with E-state index in [0.717, 1.165) is 49.1 Å². The number of ether oxygens (including phenoxy) is 2. The topological polar surface area (TPSA) is 106 Å². The number of aryl methyl sites for hydroxylation is 2. The fourth-order valence-electron chi connectivity index (χ4n) is 5.49. The molecule has 0 radical (unpaired) electrons. The summed E-state index contributed by atoms with van der Waals surface area (Å²) >= 11 is 0. The molecule has 1 spiro atoms. The third-order valence-electron chi connectivity index (χ3n) is 7.58. The molecule has 1 N–H and O–H groups in total. The summed E-state index contributed by atoms with van der Waals surface area (Å²) in [7, 11) is 3.44. The van der Waals surface area contributed by atoms with Gasteiger partial charge in [0.05, 0.1) is 29.5 Å². The quantitative estimate of drug-likeness (QED) is 0.483. The number of nitrogens with zero attached hydrogens (tertiary/aromatic N) is 4. The molecular weight excluding hydrogens is 450 g/mol. The zero-order valence-corrected chi connectivity index (χ0v) is 21.3. The van der Waals surface area contributed by atoms with Crippen molar-refractivity contribution in [3.8, 4) is 0 Å². The molecule has 0 aliphatic carbocycles. The minimum absolute atomic E-state index is 0.00523. The van der Waals surface area contributed by atoms with Crippen LogP contribution in [0, 0.1) is 11.3 Å². The van der Waals surface area contributed by atoms with E-state index >= 15 is 0 Å². The lowest BCUT2D eigenvalue weighted by Gasteiger charge is -2.36. The van der Waals surface area contributed by atoms with E-state index < -0.39 is 0 Å². The molecule has 0 bridgehead atoms. The molecule has 2 fully saturated rings. The van der Waals surface area contributed by atoms with E-state index in [1.54, 1.807) is 19.0 Å². The van der Waals surface area contributed by atoms with Gasteiger partial charge in [0.2, 0.25) is 0 Å². The highest BCUT2D eigenvalue weighted by atomic mass is 16.5. The van der Waals surface area contributed by atoms with E-state index in [1.165, 1.54) is 4.90 Å². The number of nitrogens with one attached hydrogen (secondary N) is 1. The van der Waals surface area contributed by atoms with Gasteiger partial charge in [-0.15, -0.1) is 0 Å². The Kier molecular flexibility index (Phi) is 7.98. The van der Waals surface area contributed by atoms with Gasteiger partial charge < -0.3 is 24.6 Å². The number of hydrogen-bond acceptors (Lipinski definition) is 6. The van der Waals surface area contributed by atoms with Crippen LogP contribution in [0.15, 0.2) is 0 Å². The van der Waals surface area contributed by atoms with Gasteiger partial charge in [-0.25, -0.2) is 4.79 Å². The summed E-state index contributed by atoms with van der Waals surface area (Å²) in [6, 6.07) is -0.0695. The summed E-state index contributed by atoms with van der Waals surface area (Å²) in [5.41, 5.74) is 2.55. The number of esters is 1. The molecule has 1 aromatic rings. The monoisotopic (exact) mass is 489 g/mol. The molecule has 1 atom stereocenters. The SMILES string of the molecule is CCc1nn(CCCOC(=O)C2CCCN(C(=O)N(C)C)C2)c2c1C(=O)NCC1(CCOCC1)C2. The lowest BCUT2D eigenvalue weighted by Crippen LogP contribution is -2.46. The third-order valence-corrected chi connectivity index (χ3v) is 7.58. The summed E-state index contributed by atoms with van der Waals surface area (Å²) < 4.78 is 13.1. The van der Waals surface area contributed by atoms with Crippen LogP contribution in [-0.2, 0) is 33.7 Å². The number of piperidine rings is 1. The first-order valence-electron chi connectivity index (χ1n) is 12.9. The molecule has 4 rings (SSSR count). The number of likely N-dealkylation sites (tertiary alicyclic amines) is 1. The molecule has 0 saturated carbocycles. The fourth-order valence-corrected chi connectivity index (χ4v) is 5.49. The van der Waals surface area contributed by atoms with Crippen molar-refractivity contribution in [2.75, 3.05) is 53.6 Å². The molecule has 2 saturated heterocycles. The number of carbonyl (C=O) groups excluding carboxylic acids is 3. The first-order valence-corrected chi connectivity index (χ1v) is 12.9. The minimum Gasteiger partial charge on any atom is -0.465 e. The molecule has 194 valence electrons. The smallest absolute Gasteiger partial charge is 0.319 e. The summed E-state index contributed by atoms with van der Waals surface area (Å²) in [4.78, 5) is 41.1. The fraction of sp³-hybridized carbons (Fsp3) is 0.760. The average molecular weight is 490 g/mol. The lowest BCUT2D eigenvalue weighted by atomic mass is 9.76. The number of carbonyl (C=O) groups is 3. The van der Waals surface area contributed by atoms with Crippen molar-refractivity contribution in [2.24, 2.45) is 11.3 Å². The maximum Gasteiger partial charge on any atom is 0.319 e. The largest absolute Gasteiger partial charge is 0.465 e. The van der Waals surface area contributed by atoms with Gasteiger partial charge in [-0.1, -0.05) is 6.92 Å². The van der Waals surface area contributed by atoms with Crippen LogP contribution in [0.25, 0.3) is 0 Å². The summed E-state index contributed by atoms with van der Waals surface area (Å²) in [6.45, 7) is 6.08. The maximum atomic E-state index is 12.9. The van der Waals surface area contributed by atoms with Crippen LogP contribution >= 0.6 is 0 Å². The Morgan fingerprint density at radius 2 is 2.06 bits per heavy atom. The number of amides is 3. The van der Waals surface area contributed by atoms with Crippen molar-refractivity contribution in [3.63, 3.8) is 0 Å². The lowest BCUT2D eigenvalue weighted by molar-refractivity contribution is -0.150. The highest BCUT2D eigenvalue weighted by molar-refractivity contribution is 5.97. The van der Waals surface area contributed by atoms with Crippen molar-refractivity contribution in [3.05, 3.63) is 17.0 Å². The van der Waals surface area contributed by atoms with Gasteiger partial charge >= 0.3 is 12.0 Å². The Morgan fingerprint density at radius 3 is 2.77 bits per heavy atom. The van der Waals surface area contributed by atoms with Crippen LogP contribution in [-0.4, -0.2) is 91.0 Å². The number of rotatable bonds is 6. The van der Waals surface area contributed by atoms with Crippen molar-refractivity contribution in [1.82, 2.24) is 24.9 Å². The van der Waals surface area contributed by atoms with E-state index in [1.807, 2.05) is 11.6 Å². The second-order valence-corrected chi connectivity index (χ2v) is 10.3. The van der Waals surface area contributed by atoms with Gasteiger partial charge in [-0.3, -0.25) is 14.3 Å².